The molecule has 0 bridgehead atoms. The van der Waals surface area contributed by atoms with Crippen LogP contribution in [0.15, 0.2) is 41.5 Å². The molecule has 3 nitrogen and oxygen atoms in total. The van der Waals surface area contributed by atoms with Gasteiger partial charge < -0.3 is 4.98 Å². The standard InChI is InChI=1S/C23H20F4N2O/c1-11-12(2-3-17(24)22(11)25)21-13-4-6-23(26,27)16(13)8-14(21)19-9-20(30)15-10-28-7-5-18(15)29-19/h2-3,5,7,9-10,13-14,16,21H,4,6,8H2,1H3,(H,29,30)/t13?,14?,16?,21-/m1/s1. The summed E-state index contributed by atoms with van der Waals surface area (Å²) in [6.07, 6.45) is 3.32. The quantitative estimate of drug-likeness (QED) is 0.566. The molecular formula is C23H20F4N2O. The van der Waals surface area contributed by atoms with Gasteiger partial charge in [0.25, 0.3) is 5.92 Å². The minimum atomic E-state index is -2.80. The molecule has 3 unspecified atom stereocenters. The van der Waals surface area contributed by atoms with Crippen molar-refractivity contribution in [2.75, 3.05) is 0 Å². The van der Waals surface area contributed by atoms with E-state index in [2.05, 4.69) is 9.97 Å². The van der Waals surface area contributed by atoms with E-state index in [1.807, 2.05) is 0 Å². The van der Waals surface area contributed by atoms with Crippen LogP contribution < -0.4 is 5.43 Å². The zero-order valence-corrected chi connectivity index (χ0v) is 16.3. The number of halogens is 4. The maximum Gasteiger partial charge on any atom is 0.251 e. The highest BCUT2D eigenvalue weighted by Gasteiger charge is 2.59. The second-order valence-corrected chi connectivity index (χ2v) is 8.52. The first-order valence-electron chi connectivity index (χ1n) is 10.1. The molecule has 5 rings (SSSR count). The number of nitrogens with zero attached hydrogens (tertiary/aromatic N) is 1. The smallest absolute Gasteiger partial charge is 0.251 e. The number of nitrogens with one attached hydrogen (secondary N) is 1. The molecule has 156 valence electrons. The Bertz CT molecular complexity index is 1210. The molecule has 0 spiro atoms. The van der Waals surface area contributed by atoms with E-state index in [0.717, 1.165) is 6.07 Å². The third-order valence-corrected chi connectivity index (χ3v) is 7.06. The van der Waals surface area contributed by atoms with E-state index >= 15 is 0 Å². The molecule has 1 aromatic carbocycles. The number of alkyl halides is 2. The van der Waals surface area contributed by atoms with Gasteiger partial charge in [-0.15, -0.1) is 0 Å². The fraction of sp³-hybridized carbons (Fsp3) is 0.391. The van der Waals surface area contributed by atoms with E-state index in [1.165, 1.54) is 25.3 Å². The van der Waals surface area contributed by atoms with Crippen molar-refractivity contribution in [3.8, 4) is 0 Å². The molecule has 2 aliphatic rings. The Hall–Kier alpha value is -2.70. The summed E-state index contributed by atoms with van der Waals surface area (Å²) in [5.41, 5.74) is 1.58. The van der Waals surface area contributed by atoms with Crippen LogP contribution in [0.3, 0.4) is 0 Å². The van der Waals surface area contributed by atoms with Crippen molar-refractivity contribution in [1.82, 2.24) is 9.97 Å². The predicted octanol–water partition coefficient (Wildman–Crippen LogP) is 5.44. The third-order valence-electron chi connectivity index (χ3n) is 7.06. The van der Waals surface area contributed by atoms with Gasteiger partial charge in [0.15, 0.2) is 17.1 Å². The SMILES string of the molecule is Cc1c([C@H]2C(c3cc(=O)c4cnccc4[nH]3)CC3C2CCC3(F)F)ccc(F)c1F. The molecule has 0 saturated heterocycles. The number of rotatable bonds is 2. The minimum absolute atomic E-state index is 0.146. The van der Waals surface area contributed by atoms with Crippen LogP contribution in [0.25, 0.3) is 10.9 Å². The molecule has 2 aromatic heterocycles. The summed E-state index contributed by atoms with van der Waals surface area (Å²) in [5.74, 6) is -6.75. The van der Waals surface area contributed by atoms with E-state index in [4.69, 9.17) is 0 Å². The summed E-state index contributed by atoms with van der Waals surface area (Å²) >= 11 is 0. The lowest BCUT2D eigenvalue weighted by atomic mass is 9.78. The van der Waals surface area contributed by atoms with E-state index in [0.29, 0.717) is 28.6 Å². The summed E-state index contributed by atoms with van der Waals surface area (Å²) in [6, 6.07) is 5.68. The molecule has 0 aliphatic heterocycles. The lowest BCUT2D eigenvalue weighted by molar-refractivity contribution is -0.0415. The van der Waals surface area contributed by atoms with Crippen LogP contribution in [-0.4, -0.2) is 15.9 Å². The molecule has 1 N–H and O–H groups in total. The molecule has 4 atom stereocenters. The van der Waals surface area contributed by atoms with Gasteiger partial charge in [-0.3, -0.25) is 9.78 Å². The van der Waals surface area contributed by atoms with Crippen LogP contribution in [0.2, 0.25) is 0 Å². The lowest BCUT2D eigenvalue weighted by Crippen LogP contribution is -2.23. The molecular weight excluding hydrogens is 396 g/mol. The summed E-state index contributed by atoms with van der Waals surface area (Å²) in [4.78, 5) is 19.8. The van der Waals surface area contributed by atoms with Crippen LogP contribution in [0.4, 0.5) is 17.6 Å². The van der Waals surface area contributed by atoms with Gasteiger partial charge in [-0.05, 0) is 54.9 Å². The first-order chi connectivity index (χ1) is 14.3. The van der Waals surface area contributed by atoms with Crippen molar-refractivity contribution in [3.05, 3.63) is 75.3 Å². The molecule has 2 fully saturated rings. The zero-order valence-electron chi connectivity index (χ0n) is 16.3. The van der Waals surface area contributed by atoms with E-state index in [1.54, 1.807) is 12.3 Å². The highest BCUT2D eigenvalue weighted by Crippen LogP contribution is 2.63. The topological polar surface area (TPSA) is 45.8 Å². The maximum atomic E-state index is 14.6. The summed E-state index contributed by atoms with van der Waals surface area (Å²) in [7, 11) is 0. The van der Waals surface area contributed by atoms with Gasteiger partial charge in [-0.1, -0.05) is 6.07 Å². The Kier molecular flexibility index (Phi) is 4.27. The Balaban J connectivity index is 1.68. The number of H-pyrrole nitrogens is 1. The number of benzene rings is 1. The summed E-state index contributed by atoms with van der Waals surface area (Å²) in [6.45, 7) is 1.49. The van der Waals surface area contributed by atoms with E-state index < -0.39 is 35.3 Å². The van der Waals surface area contributed by atoms with Crippen LogP contribution in [0.5, 0.6) is 0 Å². The highest BCUT2D eigenvalue weighted by molar-refractivity contribution is 5.77. The third kappa shape index (κ3) is 2.78. The van der Waals surface area contributed by atoms with Crippen molar-refractivity contribution in [3.63, 3.8) is 0 Å². The van der Waals surface area contributed by atoms with E-state index in [9.17, 15) is 22.4 Å². The van der Waals surface area contributed by atoms with Crippen molar-refractivity contribution in [2.24, 2.45) is 11.8 Å². The van der Waals surface area contributed by atoms with Gasteiger partial charge in [0.05, 0.1) is 10.9 Å². The monoisotopic (exact) mass is 416 g/mol. The number of hydrogen-bond donors (Lipinski definition) is 1. The van der Waals surface area contributed by atoms with Crippen LogP contribution in [0.1, 0.15) is 47.9 Å². The average Bonchev–Trinajstić information content (AvgIpc) is 3.24. The van der Waals surface area contributed by atoms with Crippen LogP contribution in [0, 0.1) is 30.4 Å². The fourth-order valence-electron chi connectivity index (χ4n) is 5.66. The van der Waals surface area contributed by atoms with Gasteiger partial charge in [0, 0.05) is 42.4 Å². The Morgan fingerprint density at radius 3 is 2.80 bits per heavy atom. The van der Waals surface area contributed by atoms with Gasteiger partial charge >= 0.3 is 0 Å². The average molecular weight is 416 g/mol. The molecule has 30 heavy (non-hydrogen) atoms. The Morgan fingerprint density at radius 1 is 1.20 bits per heavy atom. The molecule has 3 aromatic rings. The lowest BCUT2D eigenvalue weighted by Gasteiger charge is -2.26. The van der Waals surface area contributed by atoms with Crippen molar-refractivity contribution in [1.29, 1.82) is 0 Å². The minimum Gasteiger partial charge on any atom is -0.358 e. The number of aromatic amines is 1. The zero-order chi connectivity index (χ0) is 21.2. The molecule has 2 saturated carbocycles. The summed E-state index contributed by atoms with van der Waals surface area (Å²) in [5, 5.41) is 0.422. The first kappa shape index (κ1) is 19.3. The van der Waals surface area contributed by atoms with Gasteiger partial charge in [0.1, 0.15) is 0 Å². The molecule has 2 heterocycles. The molecule has 2 aliphatic carbocycles. The van der Waals surface area contributed by atoms with Gasteiger partial charge in [-0.2, -0.15) is 0 Å². The molecule has 7 heteroatoms. The largest absolute Gasteiger partial charge is 0.358 e. The second-order valence-electron chi connectivity index (χ2n) is 8.52. The molecule has 0 radical (unpaired) electrons. The van der Waals surface area contributed by atoms with Gasteiger partial charge in [0.2, 0.25) is 0 Å². The Morgan fingerprint density at radius 2 is 2.00 bits per heavy atom. The Labute approximate surface area is 170 Å². The van der Waals surface area contributed by atoms with Crippen molar-refractivity contribution < 1.29 is 17.6 Å². The normalized spacial score (nSPS) is 27.5. The van der Waals surface area contributed by atoms with Gasteiger partial charge in [-0.25, -0.2) is 17.6 Å². The predicted molar refractivity (Wildman–Crippen MR) is 105 cm³/mol. The number of fused-ring (bicyclic) bond motifs is 2. The first-order valence-corrected chi connectivity index (χ1v) is 10.1. The fourth-order valence-corrected chi connectivity index (χ4v) is 5.66. The van der Waals surface area contributed by atoms with E-state index in [-0.39, 0.29) is 29.8 Å². The second kappa shape index (κ2) is 6.65. The maximum absolute atomic E-state index is 14.6. The number of hydrogen-bond acceptors (Lipinski definition) is 2. The van der Waals surface area contributed by atoms with Crippen LogP contribution >= 0.6 is 0 Å². The van der Waals surface area contributed by atoms with Crippen molar-refractivity contribution >= 4 is 10.9 Å². The van der Waals surface area contributed by atoms with Crippen molar-refractivity contribution in [2.45, 2.75) is 43.9 Å². The number of pyridine rings is 2. The number of aromatic nitrogens is 2. The summed E-state index contributed by atoms with van der Waals surface area (Å²) < 4.78 is 57.4. The van der Waals surface area contributed by atoms with Crippen LogP contribution in [-0.2, 0) is 0 Å². The molecule has 0 amide bonds. The highest BCUT2D eigenvalue weighted by atomic mass is 19.3.